The third-order valence-corrected chi connectivity index (χ3v) is 4.64. The summed E-state index contributed by atoms with van der Waals surface area (Å²) in [6, 6.07) is 5.57. The molecule has 2 heterocycles. The zero-order valence-electron chi connectivity index (χ0n) is 12.9. The van der Waals surface area contributed by atoms with Gasteiger partial charge in [0.25, 0.3) is 0 Å². The van der Waals surface area contributed by atoms with Gasteiger partial charge in [0.1, 0.15) is 12.4 Å². The lowest BCUT2D eigenvalue weighted by atomic mass is 10.2. The quantitative estimate of drug-likeness (QED) is 0.598. The largest absolute Gasteiger partial charge is 0.307 e. The van der Waals surface area contributed by atoms with Crippen LogP contribution in [0.2, 0.25) is 10.0 Å². The molecule has 0 unspecified atom stereocenters. The summed E-state index contributed by atoms with van der Waals surface area (Å²) in [5, 5.41) is 16.0. The fourth-order valence-corrected chi connectivity index (χ4v) is 3.18. The minimum atomic E-state index is -0.433. The summed E-state index contributed by atoms with van der Waals surface area (Å²) in [6.45, 7) is 4.91. The van der Waals surface area contributed by atoms with Crippen LogP contribution in [0.3, 0.4) is 0 Å². The van der Waals surface area contributed by atoms with E-state index >= 15 is 0 Å². The first-order valence-electron chi connectivity index (χ1n) is 7.57. The van der Waals surface area contributed by atoms with Crippen molar-refractivity contribution in [2.24, 2.45) is 0 Å². The minimum absolute atomic E-state index is 0.0195. The Morgan fingerprint density at radius 3 is 2.50 bits per heavy atom. The highest BCUT2D eigenvalue weighted by atomic mass is 35.5. The molecular formula is C15H17Cl2N5O2. The van der Waals surface area contributed by atoms with Crippen LogP contribution in [-0.4, -0.2) is 50.7 Å². The summed E-state index contributed by atoms with van der Waals surface area (Å²) in [5.41, 5.74) is 1.09. The Morgan fingerprint density at radius 1 is 1.17 bits per heavy atom. The molecule has 3 rings (SSSR count). The van der Waals surface area contributed by atoms with Crippen LogP contribution in [0.25, 0.3) is 0 Å². The number of hydrogen-bond donors (Lipinski definition) is 0. The van der Waals surface area contributed by atoms with Crippen molar-refractivity contribution in [1.29, 1.82) is 0 Å². The van der Waals surface area contributed by atoms with Crippen molar-refractivity contribution in [2.45, 2.75) is 13.2 Å². The standard InChI is InChI=1S/C15H17Cl2N5O2/c16-13-2-1-12(15(17)7-13)9-19-3-5-20(6-4-19)11-21-10-14(8-18-21)22(23)24/h1-2,7-8,10H,3-6,9,11H2. The van der Waals surface area contributed by atoms with Crippen molar-refractivity contribution >= 4 is 28.9 Å². The maximum Gasteiger partial charge on any atom is 0.307 e. The summed E-state index contributed by atoms with van der Waals surface area (Å²) in [7, 11) is 0. The number of hydrogen-bond acceptors (Lipinski definition) is 5. The summed E-state index contributed by atoms with van der Waals surface area (Å²) in [6.07, 6.45) is 2.73. The van der Waals surface area contributed by atoms with Gasteiger partial charge in [0.2, 0.25) is 0 Å². The first-order valence-corrected chi connectivity index (χ1v) is 8.32. The molecule has 1 fully saturated rings. The molecule has 0 amide bonds. The normalized spacial score (nSPS) is 16.4. The third kappa shape index (κ3) is 4.24. The second kappa shape index (κ2) is 7.48. The van der Waals surface area contributed by atoms with Crippen molar-refractivity contribution in [3.63, 3.8) is 0 Å². The van der Waals surface area contributed by atoms with Crippen LogP contribution in [0.1, 0.15) is 5.56 Å². The van der Waals surface area contributed by atoms with Gasteiger partial charge in [-0.15, -0.1) is 0 Å². The van der Waals surface area contributed by atoms with E-state index in [4.69, 9.17) is 23.2 Å². The van der Waals surface area contributed by atoms with Crippen molar-refractivity contribution in [3.8, 4) is 0 Å². The Morgan fingerprint density at radius 2 is 1.88 bits per heavy atom. The highest BCUT2D eigenvalue weighted by molar-refractivity contribution is 6.35. The van der Waals surface area contributed by atoms with Crippen molar-refractivity contribution in [1.82, 2.24) is 19.6 Å². The second-order valence-electron chi connectivity index (χ2n) is 5.77. The van der Waals surface area contributed by atoms with E-state index in [1.54, 1.807) is 10.7 Å². The fourth-order valence-electron chi connectivity index (χ4n) is 2.71. The number of benzene rings is 1. The Hall–Kier alpha value is -1.67. The Bertz CT molecular complexity index is 728. The average molecular weight is 370 g/mol. The smallest absolute Gasteiger partial charge is 0.296 e. The molecule has 9 heteroatoms. The molecule has 1 aliphatic heterocycles. The molecule has 1 saturated heterocycles. The third-order valence-electron chi connectivity index (χ3n) is 4.05. The summed E-state index contributed by atoms with van der Waals surface area (Å²) in [5.74, 6) is 0. The van der Waals surface area contributed by atoms with Gasteiger partial charge in [0, 0.05) is 42.8 Å². The van der Waals surface area contributed by atoms with Crippen molar-refractivity contribution in [2.75, 3.05) is 26.2 Å². The van der Waals surface area contributed by atoms with Crippen molar-refractivity contribution in [3.05, 3.63) is 56.3 Å². The monoisotopic (exact) mass is 369 g/mol. The average Bonchev–Trinajstić information content (AvgIpc) is 3.01. The zero-order chi connectivity index (χ0) is 17.1. The lowest BCUT2D eigenvalue weighted by Crippen LogP contribution is -2.46. The SMILES string of the molecule is O=[N+]([O-])c1cnn(CN2CCN(Cc3ccc(Cl)cc3Cl)CC2)c1. The summed E-state index contributed by atoms with van der Waals surface area (Å²) in [4.78, 5) is 14.8. The van der Waals surface area contributed by atoms with Crippen molar-refractivity contribution < 1.29 is 4.92 Å². The van der Waals surface area contributed by atoms with E-state index in [1.807, 2.05) is 12.1 Å². The van der Waals surface area contributed by atoms with Gasteiger partial charge in [-0.25, -0.2) is 0 Å². The van der Waals surface area contributed by atoms with Crippen LogP contribution in [-0.2, 0) is 13.2 Å². The number of aromatic nitrogens is 2. The molecule has 7 nitrogen and oxygen atoms in total. The Kier molecular flexibility index (Phi) is 5.35. The number of nitro groups is 1. The molecule has 24 heavy (non-hydrogen) atoms. The zero-order valence-corrected chi connectivity index (χ0v) is 14.4. The van der Waals surface area contributed by atoms with Gasteiger partial charge in [-0.2, -0.15) is 5.10 Å². The fraction of sp³-hybridized carbons (Fsp3) is 0.400. The lowest BCUT2D eigenvalue weighted by Gasteiger charge is -2.34. The summed E-state index contributed by atoms with van der Waals surface area (Å²) >= 11 is 12.1. The number of nitrogens with zero attached hydrogens (tertiary/aromatic N) is 5. The van der Waals surface area contributed by atoms with E-state index in [2.05, 4.69) is 14.9 Å². The van der Waals surface area contributed by atoms with Crippen LogP contribution in [0.15, 0.2) is 30.6 Å². The van der Waals surface area contributed by atoms with Gasteiger partial charge in [-0.3, -0.25) is 24.6 Å². The first-order chi connectivity index (χ1) is 11.5. The van der Waals surface area contributed by atoms with Gasteiger partial charge in [-0.05, 0) is 17.7 Å². The molecule has 1 aromatic carbocycles. The van der Waals surface area contributed by atoms with E-state index in [0.29, 0.717) is 16.7 Å². The minimum Gasteiger partial charge on any atom is -0.296 e. The van der Waals surface area contributed by atoms with Crippen LogP contribution in [0.4, 0.5) is 5.69 Å². The maximum absolute atomic E-state index is 10.7. The molecule has 0 atom stereocenters. The topological polar surface area (TPSA) is 67.4 Å². The molecule has 0 spiro atoms. The Balaban J connectivity index is 1.51. The molecule has 0 aliphatic carbocycles. The van der Waals surface area contributed by atoms with Gasteiger partial charge in [0.05, 0.1) is 11.6 Å². The highest BCUT2D eigenvalue weighted by Gasteiger charge is 2.19. The van der Waals surface area contributed by atoms with Crippen LogP contribution in [0.5, 0.6) is 0 Å². The number of halogens is 2. The maximum atomic E-state index is 10.7. The predicted molar refractivity (Wildman–Crippen MR) is 92.2 cm³/mol. The molecule has 0 bridgehead atoms. The molecular weight excluding hydrogens is 353 g/mol. The summed E-state index contributed by atoms with van der Waals surface area (Å²) < 4.78 is 1.60. The molecule has 128 valence electrons. The van der Waals surface area contributed by atoms with E-state index < -0.39 is 4.92 Å². The first kappa shape index (κ1) is 17.2. The number of rotatable bonds is 5. The number of piperazine rings is 1. The molecule has 2 aromatic rings. The van der Waals surface area contributed by atoms with E-state index in [9.17, 15) is 10.1 Å². The predicted octanol–water partition coefficient (Wildman–Crippen LogP) is 2.87. The van der Waals surface area contributed by atoms with Gasteiger partial charge < -0.3 is 0 Å². The van der Waals surface area contributed by atoms with Gasteiger partial charge in [-0.1, -0.05) is 29.3 Å². The van der Waals surface area contributed by atoms with E-state index in [0.717, 1.165) is 38.3 Å². The van der Waals surface area contributed by atoms with E-state index in [-0.39, 0.29) is 5.69 Å². The molecule has 0 radical (unpaired) electrons. The Labute approximate surface area is 149 Å². The van der Waals surface area contributed by atoms with Gasteiger partial charge in [0.15, 0.2) is 0 Å². The van der Waals surface area contributed by atoms with Crippen LogP contribution >= 0.6 is 23.2 Å². The van der Waals surface area contributed by atoms with Gasteiger partial charge >= 0.3 is 5.69 Å². The molecule has 0 N–H and O–H groups in total. The molecule has 1 aliphatic rings. The molecule has 1 aromatic heterocycles. The highest BCUT2D eigenvalue weighted by Crippen LogP contribution is 2.22. The lowest BCUT2D eigenvalue weighted by molar-refractivity contribution is -0.385. The molecule has 0 saturated carbocycles. The van der Waals surface area contributed by atoms with Crippen LogP contribution < -0.4 is 0 Å². The second-order valence-corrected chi connectivity index (χ2v) is 6.61. The van der Waals surface area contributed by atoms with Crippen LogP contribution in [0, 0.1) is 10.1 Å². The van der Waals surface area contributed by atoms with E-state index in [1.165, 1.54) is 12.4 Å².